The van der Waals surface area contributed by atoms with E-state index in [0.717, 1.165) is 43.2 Å². The molecule has 158 valence electrons. The largest absolute Gasteiger partial charge is 0.361 e. The van der Waals surface area contributed by atoms with Gasteiger partial charge in [0.2, 0.25) is 0 Å². The smallest absolute Gasteiger partial charge is 0.191 e. The molecule has 0 saturated carbocycles. The zero-order chi connectivity index (χ0) is 19.9. The summed E-state index contributed by atoms with van der Waals surface area (Å²) in [6, 6.07) is 8.40. The first-order valence-electron chi connectivity index (χ1n) is 10.1. The maximum absolute atomic E-state index is 5.47. The minimum absolute atomic E-state index is 0. The molecule has 1 aromatic carbocycles. The molecule has 0 aliphatic rings. The fourth-order valence-corrected chi connectivity index (χ4v) is 3.67. The molecule has 29 heavy (non-hydrogen) atoms. The minimum atomic E-state index is 0. The van der Waals surface area contributed by atoms with Crippen LogP contribution < -0.4 is 10.6 Å². The van der Waals surface area contributed by atoms with Crippen molar-refractivity contribution in [2.45, 2.75) is 52.5 Å². The molecule has 0 aliphatic carbocycles. The number of aliphatic imine (C=N–C) groups is 1. The van der Waals surface area contributed by atoms with Gasteiger partial charge in [0.1, 0.15) is 0 Å². The first kappa shape index (κ1) is 23.3. The van der Waals surface area contributed by atoms with Crippen molar-refractivity contribution < 1.29 is 4.52 Å². The summed E-state index contributed by atoms with van der Waals surface area (Å²) in [6.45, 7) is 7.89. The van der Waals surface area contributed by atoms with Crippen LogP contribution in [0.3, 0.4) is 0 Å². The molecule has 2 aromatic heterocycles. The molecule has 0 atom stereocenters. The molecule has 3 N–H and O–H groups in total. The maximum atomic E-state index is 5.47. The lowest BCUT2D eigenvalue weighted by atomic mass is 9.99. The molecule has 0 spiro atoms. The van der Waals surface area contributed by atoms with Crippen LogP contribution in [-0.4, -0.2) is 29.7 Å². The Bertz CT molecular complexity index is 926. The van der Waals surface area contributed by atoms with Gasteiger partial charge in [-0.3, -0.25) is 4.99 Å². The number of nitrogens with zero attached hydrogens (tertiary/aromatic N) is 2. The number of aromatic amines is 1. The Kier molecular flexibility index (Phi) is 9.00. The van der Waals surface area contributed by atoms with Crippen LogP contribution in [0.5, 0.6) is 0 Å². The van der Waals surface area contributed by atoms with Gasteiger partial charge < -0.3 is 20.1 Å². The highest BCUT2D eigenvalue weighted by Gasteiger charge is 2.13. The fourth-order valence-electron chi connectivity index (χ4n) is 3.67. The van der Waals surface area contributed by atoms with Gasteiger partial charge in [-0.1, -0.05) is 31.1 Å². The highest BCUT2D eigenvalue weighted by Crippen LogP contribution is 2.23. The Morgan fingerprint density at radius 3 is 2.76 bits per heavy atom. The third-order valence-corrected chi connectivity index (χ3v) is 5.32. The van der Waals surface area contributed by atoms with E-state index in [2.05, 4.69) is 70.9 Å². The topological polar surface area (TPSA) is 78.2 Å². The maximum Gasteiger partial charge on any atom is 0.191 e. The van der Waals surface area contributed by atoms with Crippen molar-refractivity contribution in [3.63, 3.8) is 0 Å². The Morgan fingerprint density at radius 1 is 1.24 bits per heavy atom. The highest BCUT2D eigenvalue weighted by atomic mass is 127. The monoisotopic (exact) mass is 509 g/mol. The molecule has 0 bridgehead atoms. The van der Waals surface area contributed by atoms with Crippen LogP contribution in [0.15, 0.2) is 40.0 Å². The van der Waals surface area contributed by atoms with E-state index in [1.54, 1.807) is 7.05 Å². The van der Waals surface area contributed by atoms with E-state index in [1.165, 1.54) is 22.0 Å². The van der Waals surface area contributed by atoms with Gasteiger partial charge in [0.25, 0.3) is 0 Å². The molecular weight excluding hydrogens is 477 g/mol. The van der Waals surface area contributed by atoms with Crippen LogP contribution in [0.1, 0.15) is 55.2 Å². The van der Waals surface area contributed by atoms with Crippen molar-refractivity contribution in [1.29, 1.82) is 0 Å². The first-order chi connectivity index (χ1) is 13.7. The summed E-state index contributed by atoms with van der Waals surface area (Å²) < 4.78 is 5.47. The predicted octanol–water partition coefficient (Wildman–Crippen LogP) is 4.89. The number of rotatable bonds is 8. The number of nitrogens with one attached hydrogen (secondary N) is 3. The van der Waals surface area contributed by atoms with Gasteiger partial charge in [0.15, 0.2) is 11.7 Å². The Balaban J connectivity index is 0.00000300. The zero-order valence-corrected chi connectivity index (χ0v) is 20.0. The number of fused-ring (bicyclic) bond motifs is 1. The van der Waals surface area contributed by atoms with Crippen LogP contribution in [-0.2, 0) is 13.0 Å². The second kappa shape index (κ2) is 11.2. The number of hydrogen-bond donors (Lipinski definition) is 3. The van der Waals surface area contributed by atoms with Crippen molar-refractivity contribution in [1.82, 2.24) is 20.8 Å². The molecular formula is C22H32IN5O. The van der Waals surface area contributed by atoms with Crippen LogP contribution in [0, 0.1) is 6.92 Å². The molecule has 0 unspecified atom stereocenters. The minimum Gasteiger partial charge on any atom is -0.361 e. The number of aromatic nitrogens is 2. The quantitative estimate of drug-likeness (QED) is 0.230. The molecule has 7 heteroatoms. The average molecular weight is 509 g/mol. The lowest BCUT2D eigenvalue weighted by Gasteiger charge is -2.10. The molecule has 0 saturated heterocycles. The lowest BCUT2D eigenvalue weighted by Crippen LogP contribution is -2.37. The van der Waals surface area contributed by atoms with Crippen molar-refractivity contribution in [3.8, 4) is 0 Å². The SMILES string of the molecule is CCC(CC)c1cc(CNC(=NC)NCCc2c[nH]c3cccc(C)c23)on1.I. The van der Waals surface area contributed by atoms with E-state index in [9.17, 15) is 0 Å². The van der Waals surface area contributed by atoms with E-state index in [-0.39, 0.29) is 24.0 Å². The van der Waals surface area contributed by atoms with Crippen molar-refractivity contribution >= 4 is 40.8 Å². The van der Waals surface area contributed by atoms with E-state index >= 15 is 0 Å². The predicted molar refractivity (Wildman–Crippen MR) is 130 cm³/mol. The van der Waals surface area contributed by atoms with Gasteiger partial charge in [-0.2, -0.15) is 0 Å². The van der Waals surface area contributed by atoms with Crippen molar-refractivity contribution in [2.24, 2.45) is 4.99 Å². The van der Waals surface area contributed by atoms with Gasteiger partial charge >= 0.3 is 0 Å². The Hall–Kier alpha value is -2.03. The molecule has 0 fully saturated rings. The van der Waals surface area contributed by atoms with Crippen LogP contribution in [0.2, 0.25) is 0 Å². The summed E-state index contributed by atoms with van der Waals surface area (Å²) in [6.07, 6.45) is 5.18. The molecule has 6 nitrogen and oxygen atoms in total. The summed E-state index contributed by atoms with van der Waals surface area (Å²) in [7, 11) is 1.78. The van der Waals surface area contributed by atoms with Crippen LogP contribution in [0.4, 0.5) is 0 Å². The molecule has 2 heterocycles. The van der Waals surface area contributed by atoms with Gasteiger partial charge in [-0.15, -0.1) is 24.0 Å². The summed E-state index contributed by atoms with van der Waals surface area (Å²) in [4.78, 5) is 7.66. The molecule has 3 aromatic rings. The highest BCUT2D eigenvalue weighted by molar-refractivity contribution is 14.0. The standard InChI is InChI=1S/C22H31N5O.HI/c1-5-16(6-2)20-12-18(28-27-20)14-26-22(23-4)24-11-10-17-13-25-19-9-7-8-15(3)21(17)19;/h7-9,12-13,16,25H,5-6,10-11,14H2,1-4H3,(H2,23,24,26);1H. The number of benzene rings is 1. The molecule has 3 rings (SSSR count). The van der Waals surface area contributed by atoms with Crippen molar-refractivity contribution in [2.75, 3.05) is 13.6 Å². The van der Waals surface area contributed by atoms with Crippen LogP contribution >= 0.6 is 24.0 Å². The van der Waals surface area contributed by atoms with Gasteiger partial charge in [-0.25, -0.2) is 0 Å². The fraction of sp³-hybridized carbons (Fsp3) is 0.455. The molecule has 0 amide bonds. The van der Waals surface area contributed by atoms with Crippen LogP contribution in [0.25, 0.3) is 10.9 Å². The number of aryl methyl sites for hydroxylation is 1. The second-order valence-electron chi connectivity index (χ2n) is 7.15. The number of H-pyrrole nitrogens is 1. The van der Waals surface area contributed by atoms with E-state index in [0.29, 0.717) is 12.5 Å². The molecule has 0 radical (unpaired) electrons. The average Bonchev–Trinajstić information content (AvgIpc) is 3.34. The van der Waals surface area contributed by atoms with Gasteiger partial charge in [-0.05, 0) is 43.4 Å². The molecule has 0 aliphatic heterocycles. The summed E-state index contributed by atoms with van der Waals surface area (Å²) in [5, 5.41) is 12.2. The summed E-state index contributed by atoms with van der Waals surface area (Å²) in [5.41, 5.74) is 4.85. The summed E-state index contributed by atoms with van der Waals surface area (Å²) >= 11 is 0. The van der Waals surface area contributed by atoms with Gasteiger partial charge in [0, 0.05) is 42.7 Å². The van der Waals surface area contributed by atoms with E-state index < -0.39 is 0 Å². The second-order valence-corrected chi connectivity index (χ2v) is 7.15. The number of hydrogen-bond acceptors (Lipinski definition) is 3. The van der Waals surface area contributed by atoms with Gasteiger partial charge in [0.05, 0.1) is 12.2 Å². The third kappa shape index (κ3) is 5.74. The number of guanidine groups is 1. The Labute approximate surface area is 189 Å². The van der Waals surface area contributed by atoms with Crippen molar-refractivity contribution in [3.05, 3.63) is 53.0 Å². The Morgan fingerprint density at radius 2 is 2.03 bits per heavy atom. The normalized spacial score (nSPS) is 11.7. The first-order valence-corrected chi connectivity index (χ1v) is 10.1. The summed E-state index contributed by atoms with van der Waals surface area (Å²) in [5.74, 6) is 2.06. The third-order valence-electron chi connectivity index (χ3n) is 5.32. The lowest BCUT2D eigenvalue weighted by molar-refractivity contribution is 0.368. The number of halogens is 1. The van der Waals surface area contributed by atoms with E-state index in [4.69, 9.17) is 4.52 Å². The zero-order valence-electron chi connectivity index (χ0n) is 17.7. The van der Waals surface area contributed by atoms with E-state index in [1.807, 2.05) is 6.07 Å².